The Balaban J connectivity index is 1.72. The molecule has 4 rings (SSSR count). The third kappa shape index (κ3) is 4.75. The molecule has 0 amide bonds. The fourth-order valence-electron chi connectivity index (χ4n) is 3.70. The van der Waals surface area contributed by atoms with Gasteiger partial charge in [-0.3, -0.25) is 9.36 Å². The highest BCUT2D eigenvalue weighted by molar-refractivity contribution is 8.00. The summed E-state index contributed by atoms with van der Waals surface area (Å²) >= 11 is 3.00. The molecular weight excluding hydrogens is 424 g/mol. The maximum absolute atomic E-state index is 13.5. The van der Waals surface area contributed by atoms with E-state index in [1.165, 1.54) is 34.0 Å². The molecule has 0 aliphatic heterocycles. The van der Waals surface area contributed by atoms with Gasteiger partial charge in [0.15, 0.2) is 5.16 Å². The minimum absolute atomic E-state index is 0.0205. The number of aromatic nitrogens is 2. The van der Waals surface area contributed by atoms with Crippen LogP contribution in [0.2, 0.25) is 0 Å². The van der Waals surface area contributed by atoms with Gasteiger partial charge < -0.3 is 0 Å². The summed E-state index contributed by atoms with van der Waals surface area (Å²) in [5.41, 5.74) is 2.38. The largest absolute Gasteiger partial charge is 0.287 e. The Morgan fingerprint density at radius 2 is 1.93 bits per heavy atom. The van der Waals surface area contributed by atoms with Crippen molar-refractivity contribution in [3.63, 3.8) is 0 Å². The smallest absolute Gasteiger partial charge is 0.263 e. The molecular formula is C21H24N2O3S3. The molecule has 5 nitrogen and oxygen atoms in total. The van der Waals surface area contributed by atoms with Gasteiger partial charge in [-0.15, -0.1) is 11.3 Å². The van der Waals surface area contributed by atoms with E-state index < -0.39 is 9.84 Å². The summed E-state index contributed by atoms with van der Waals surface area (Å²) in [4.78, 5) is 20.4. The molecule has 0 saturated heterocycles. The van der Waals surface area contributed by atoms with Crippen molar-refractivity contribution in [2.24, 2.45) is 0 Å². The summed E-state index contributed by atoms with van der Waals surface area (Å²) in [6.45, 7) is 0.539. The number of hydrogen-bond donors (Lipinski definition) is 0. The summed E-state index contributed by atoms with van der Waals surface area (Å²) in [5.74, 6) is 0.471. The first-order chi connectivity index (χ1) is 13.9. The van der Waals surface area contributed by atoms with E-state index in [-0.39, 0.29) is 11.3 Å². The van der Waals surface area contributed by atoms with Gasteiger partial charge in [-0.1, -0.05) is 42.1 Å². The number of nitrogens with zero attached hydrogens (tertiary/aromatic N) is 2. The van der Waals surface area contributed by atoms with Gasteiger partial charge in [0.2, 0.25) is 0 Å². The Morgan fingerprint density at radius 3 is 2.69 bits per heavy atom. The summed E-state index contributed by atoms with van der Waals surface area (Å²) in [6, 6.07) is 10.1. The molecule has 0 unspecified atom stereocenters. The Kier molecular flexibility index (Phi) is 6.13. The first kappa shape index (κ1) is 20.6. The van der Waals surface area contributed by atoms with Crippen molar-refractivity contribution in [2.45, 2.75) is 43.8 Å². The average molecular weight is 449 g/mol. The molecule has 1 aliphatic rings. The molecule has 0 saturated carbocycles. The van der Waals surface area contributed by atoms with Gasteiger partial charge in [0.05, 0.1) is 11.1 Å². The molecule has 0 spiro atoms. The van der Waals surface area contributed by atoms with Crippen molar-refractivity contribution in [1.82, 2.24) is 9.55 Å². The van der Waals surface area contributed by atoms with Crippen LogP contribution >= 0.6 is 23.1 Å². The lowest BCUT2D eigenvalue weighted by Crippen LogP contribution is -2.25. The van der Waals surface area contributed by atoms with E-state index in [4.69, 9.17) is 4.98 Å². The highest BCUT2D eigenvalue weighted by atomic mass is 32.2. The SMILES string of the molecule is CS(=O)(=O)CCSc1nc2sc3c(c2c(=O)n1CCc1ccccc1)CCCC3. The first-order valence-corrected chi connectivity index (χ1v) is 13.7. The zero-order valence-electron chi connectivity index (χ0n) is 16.4. The molecule has 29 heavy (non-hydrogen) atoms. The van der Waals surface area contributed by atoms with Gasteiger partial charge in [-0.05, 0) is 43.2 Å². The monoisotopic (exact) mass is 448 g/mol. The molecule has 0 atom stereocenters. The lowest BCUT2D eigenvalue weighted by molar-refractivity contribution is 0.595. The van der Waals surface area contributed by atoms with Crippen molar-refractivity contribution in [2.75, 3.05) is 17.8 Å². The van der Waals surface area contributed by atoms with Crippen LogP contribution in [0.15, 0.2) is 40.3 Å². The Morgan fingerprint density at radius 1 is 1.17 bits per heavy atom. The van der Waals surface area contributed by atoms with E-state index in [0.29, 0.717) is 17.5 Å². The van der Waals surface area contributed by atoms with E-state index in [9.17, 15) is 13.2 Å². The van der Waals surface area contributed by atoms with E-state index >= 15 is 0 Å². The number of rotatable bonds is 7. The second-order valence-electron chi connectivity index (χ2n) is 7.46. The van der Waals surface area contributed by atoms with Crippen molar-refractivity contribution in [3.8, 4) is 0 Å². The molecule has 1 aliphatic carbocycles. The maximum Gasteiger partial charge on any atom is 0.263 e. The highest BCUT2D eigenvalue weighted by Crippen LogP contribution is 2.34. The van der Waals surface area contributed by atoms with Crippen LogP contribution in [0.5, 0.6) is 0 Å². The lowest BCUT2D eigenvalue weighted by Gasteiger charge is -2.13. The van der Waals surface area contributed by atoms with Crippen molar-refractivity contribution in [1.29, 1.82) is 0 Å². The molecule has 1 aromatic carbocycles. The first-order valence-electron chi connectivity index (χ1n) is 9.82. The van der Waals surface area contributed by atoms with Gasteiger partial charge >= 0.3 is 0 Å². The predicted molar refractivity (Wildman–Crippen MR) is 121 cm³/mol. The zero-order chi connectivity index (χ0) is 20.4. The number of sulfone groups is 1. The van der Waals surface area contributed by atoms with E-state index in [1.807, 2.05) is 18.2 Å². The summed E-state index contributed by atoms with van der Waals surface area (Å²) in [6.07, 6.45) is 6.23. The zero-order valence-corrected chi connectivity index (χ0v) is 18.8. The van der Waals surface area contributed by atoms with Gasteiger partial charge in [-0.25, -0.2) is 13.4 Å². The van der Waals surface area contributed by atoms with E-state index in [2.05, 4.69) is 12.1 Å². The van der Waals surface area contributed by atoms with Gasteiger partial charge in [0.25, 0.3) is 5.56 Å². The van der Waals surface area contributed by atoms with Crippen LogP contribution in [0.4, 0.5) is 0 Å². The molecule has 0 bridgehead atoms. The molecule has 0 radical (unpaired) electrons. The lowest BCUT2D eigenvalue weighted by atomic mass is 9.97. The van der Waals surface area contributed by atoms with Crippen LogP contribution in [0, 0.1) is 0 Å². The van der Waals surface area contributed by atoms with Crippen LogP contribution in [0.3, 0.4) is 0 Å². The third-order valence-corrected chi connectivity index (χ3v) is 8.56. The van der Waals surface area contributed by atoms with Crippen LogP contribution in [0.1, 0.15) is 28.8 Å². The molecule has 0 N–H and O–H groups in total. The summed E-state index contributed by atoms with van der Waals surface area (Å²) in [5, 5.41) is 1.41. The topological polar surface area (TPSA) is 69.0 Å². The van der Waals surface area contributed by atoms with Crippen molar-refractivity contribution < 1.29 is 8.42 Å². The minimum atomic E-state index is -3.05. The minimum Gasteiger partial charge on any atom is -0.287 e. The quantitative estimate of drug-likeness (QED) is 0.407. The standard InChI is InChI=1S/C21H24N2O3S3/c1-29(25,26)14-13-27-21-22-19-18(16-9-5-6-10-17(16)28-19)20(24)23(21)12-11-15-7-3-2-4-8-15/h2-4,7-8H,5-6,9-14H2,1H3. The Hall–Kier alpha value is -1.64. The normalized spacial score (nSPS) is 14.2. The Labute approximate surface area is 179 Å². The van der Waals surface area contributed by atoms with Crippen molar-refractivity contribution in [3.05, 3.63) is 56.7 Å². The molecule has 0 fully saturated rings. The predicted octanol–water partition coefficient (Wildman–Crippen LogP) is 3.72. The Bertz CT molecular complexity index is 1180. The summed E-state index contributed by atoms with van der Waals surface area (Å²) < 4.78 is 24.8. The average Bonchev–Trinajstić information content (AvgIpc) is 3.06. The number of thiophene rings is 1. The van der Waals surface area contributed by atoms with E-state index in [1.54, 1.807) is 15.9 Å². The number of benzene rings is 1. The summed E-state index contributed by atoms with van der Waals surface area (Å²) in [7, 11) is -3.05. The number of aryl methyl sites for hydroxylation is 3. The van der Waals surface area contributed by atoms with Crippen LogP contribution in [-0.2, 0) is 35.6 Å². The number of hydrogen-bond acceptors (Lipinski definition) is 6. The van der Waals surface area contributed by atoms with Crippen LogP contribution in [0.25, 0.3) is 10.2 Å². The number of thioether (sulfide) groups is 1. The third-order valence-electron chi connectivity index (χ3n) is 5.19. The van der Waals surface area contributed by atoms with Crippen molar-refractivity contribution >= 4 is 43.2 Å². The van der Waals surface area contributed by atoms with Gasteiger partial charge in [-0.2, -0.15) is 0 Å². The van der Waals surface area contributed by atoms with E-state index in [0.717, 1.165) is 42.3 Å². The second-order valence-corrected chi connectivity index (χ2v) is 11.9. The van der Waals surface area contributed by atoms with Gasteiger partial charge in [0, 0.05) is 23.4 Å². The van der Waals surface area contributed by atoms with Crippen LogP contribution < -0.4 is 5.56 Å². The number of fused-ring (bicyclic) bond motifs is 3. The molecule has 2 heterocycles. The second kappa shape index (κ2) is 8.62. The highest BCUT2D eigenvalue weighted by Gasteiger charge is 2.22. The molecule has 3 aromatic rings. The molecule has 2 aromatic heterocycles. The van der Waals surface area contributed by atoms with Crippen LogP contribution in [-0.4, -0.2) is 35.7 Å². The fourth-order valence-corrected chi connectivity index (χ4v) is 7.22. The van der Waals surface area contributed by atoms with Gasteiger partial charge in [0.1, 0.15) is 14.7 Å². The maximum atomic E-state index is 13.5. The molecule has 8 heteroatoms. The fraction of sp³-hybridized carbons (Fsp3) is 0.429. The molecule has 154 valence electrons.